The molecule has 1 N–H and O–H groups in total. The molecule has 18 heavy (non-hydrogen) atoms. The van der Waals surface area contributed by atoms with Crippen LogP contribution in [0.5, 0.6) is 0 Å². The van der Waals surface area contributed by atoms with Crippen LogP contribution in [0.15, 0.2) is 12.5 Å². The zero-order valence-electron chi connectivity index (χ0n) is 12.0. The van der Waals surface area contributed by atoms with E-state index in [-0.39, 0.29) is 0 Å². The molecule has 0 aromatic carbocycles. The molecule has 3 nitrogen and oxygen atoms in total. The van der Waals surface area contributed by atoms with Crippen LogP contribution in [0, 0.1) is 17.8 Å². The summed E-state index contributed by atoms with van der Waals surface area (Å²) in [4.78, 5) is 4.30. The van der Waals surface area contributed by atoms with Crippen LogP contribution in [-0.4, -0.2) is 16.1 Å². The Kier molecular flexibility index (Phi) is 4.81. The van der Waals surface area contributed by atoms with Crippen molar-refractivity contribution in [2.75, 3.05) is 6.54 Å². The van der Waals surface area contributed by atoms with Crippen molar-refractivity contribution in [3.05, 3.63) is 18.2 Å². The van der Waals surface area contributed by atoms with E-state index in [1.807, 2.05) is 12.5 Å². The van der Waals surface area contributed by atoms with Gasteiger partial charge >= 0.3 is 0 Å². The van der Waals surface area contributed by atoms with Crippen molar-refractivity contribution in [3.63, 3.8) is 0 Å². The fourth-order valence-corrected chi connectivity index (χ4v) is 2.92. The maximum absolute atomic E-state index is 4.30. The smallest absolute Gasteiger partial charge is 0.0948 e. The summed E-state index contributed by atoms with van der Waals surface area (Å²) in [5.74, 6) is 2.48. The van der Waals surface area contributed by atoms with Crippen LogP contribution in [0.1, 0.15) is 45.7 Å². The van der Waals surface area contributed by atoms with Crippen molar-refractivity contribution in [1.29, 1.82) is 0 Å². The van der Waals surface area contributed by atoms with Crippen LogP contribution in [0.4, 0.5) is 0 Å². The highest BCUT2D eigenvalue weighted by Crippen LogP contribution is 2.31. The third kappa shape index (κ3) is 3.84. The molecule has 1 heterocycles. The summed E-state index contributed by atoms with van der Waals surface area (Å²) >= 11 is 0. The molecule has 0 radical (unpaired) electrons. The molecule has 0 spiro atoms. The first-order valence-corrected chi connectivity index (χ1v) is 7.35. The molecule has 2 rings (SSSR count). The summed E-state index contributed by atoms with van der Waals surface area (Å²) in [6, 6.07) is 0. The molecule has 0 bridgehead atoms. The molecule has 1 aromatic heterocycles. The highest BCUT2D eigenvalue weighted by molar-refractivity contribution is 4.98. The Hall–Kier alpha value is -0.830. The van der Waals surface area contributed by atoms with Crippen molar-refractivity contribution in [2.24, 2.45) is 17.8 Å². The predicted molar refractivity (Wildman–Crippen MR) is 75.3 cm³/mol. The molecule has 102 valence electrons. The largest absolute Gasteiger partial charge is 0.333 e. The van der Waals surface area contributed by atoms with Crippen LogP contribution in [-0.2, 0) is 13.1 Å². The van der Waals surface area contributed by atoms with Gasteiger partial charge in [-0.15, -0.1) is 0 Å². The summed E-state index contributed by atoms with van der Waals surface area (Å²) in [6.07, 6.45) is 8.18. The SMILES string of the molecule is CC(C)CNCc1cncn1CC1CCC(C)C1. The Balaban J connectivity index is 1.83. The monoisotopic (exact) mass is 249 g/mol. The highest BCUT2D eigenvalue weighted by Gasteiger charge is 2.21. The predicted octanol–water partition coefficient (Wildman–Crippen LogP) is 3.06. The minimum Gasteiger partial charge on any atom is -0.333 e. The first kappa shape index (κ1) is 13.6. The van der Waals surface area contributed by atoms with Crippen molar-refractivity contribution in [2.45, 2.75) is 53.1 Å². The Morgan fingerprint density at radius 1 is 1.44 bits per heavy atom. The van der Waals surface area contributed by atoms with Crippen LogP contribution in [0.2, 0.25) is 0 Å². The maximum Gasteiger partial charge on any atom is 0.0948 e. The molecule has 0 amide bonds. The molecule has 1 aromatic rings. The topological polar surface area (TPSA) is 29.9 Å². The van der Waals surface area contributed by atoms with Crippen LogP contribution in [0.25, 0.3) is 0 Å². The Morgan fingerprint density at radius 2 is 2.28 bits per heavy atom. The van der Waals surface area contributed by atoms with E-state index in [0.717, 1.165) is 31.5 Å². The normalized spacial score (nSPS) is 24.0. The third-order valence-corrected chi connectivity index (χ3v) is 3.92. The Labute approximate surface area is 111 Å². The van der Waals surface area contributed by atoms with Crippen molar-refractivity contribution < 1.29 is 0 Å². The maximum atomic E-state index is 4.30. The standard InChI is InChI=1S/C15H27N3/c1-12(2)7-16-8-15-9-17-11-18(15)10-14-5-4-13(3)6-14/h9,11-14,16H,4-8,10H2,1-3H3. The Morgan fingerprint density at radius 3 is 2.94 bits per heavy atom. The molecule has 2 unspecified atom stereocenters. The van der Waals surface area contributed by atoms with Crippen LogP contribution >= 0.6 is 0 Å². The van der Waals surface area contributed by atoms with E-state index in [0.29, 0.717) is 5.92 Å². The molecule has 2 atom stereocenters. The molecular formula is C15H27N3. The summed E-state index contributed by atoms with van der Waals surface area (Å²) in [7, 11) is 0. The van der Waals surface area contributed by atoms with Gasteiger partial charge in [-0.1, -0.05) is 27.2 Å². The quantitative estimate of drug-likeness (QED) is 0.839. The number of hydrogen-bond donors (Lipinski definition) is 1. The number of aromatic nitrogens is 2. The number of nitrogens with zero attached hydrogens (tertiary/aromatic N) is 2. The van der Waals surface area contributed by atoms with Gasteiger partial charge in [-0.25, -0.2) is 4.98 Å². The number of rotatable bonds is 6. The van der Waals surface area contributed by atoms with Gasteiger partial charge in [0.2, 0.25) is 0 Å². The summed E-state index contributed by atoms with van der Waals surface area (Å²) in [5, 5.41) is 3.50. The molecule has 1 saturated carbocycles. The average Bonchev–Trinajstić information content (AvgIpc) is 2.89. The lowest BCUT2D eigenvalue weighted by atomic mass is 10.1. The van der Waals surface area contributed by atoms with Crippen LogP contribution < -0.4 is 5.32 Å². The van der Waals surface area contributed by atoms with Gasteiger partial charge in [0, 0.05) is 19.3 Å². The highest BCUT2D eigenvalue weighted by atomic mass is 15.1. The van der Waals surface area contributed by atoms with E-state index in [4.69, 9.17) is 0 Å². The van der Waals surface area contributed by atoms with Gasteiger partial charge in [-0.05, 0) is 37.1 Å². The molecule has 1 fully saturated rings. The van der Waals surface area contributed by atoms with Gasteiger partial charge in [0.1, 0.15) is 0 Å². The van der Waals surface area contributed by atoms with Crippen molar-refractivity contribution >= 4 is 0 Å². The van der Waals surface area contributed by atoms with E-state index in [1.165, 1.54) is 25.0 Å². The van der Waals surface area contributed by atoms with Crippen molar-refractivity contribution in [3.8, 4) is 0 Å². The summed E-state index contributed by atoms with van der Waals surface area (Å²) < 4.78 is 2.34. The molecule has 1 aliphatic carbocycles. The van der Waals surface area contributed by atoms with E-state index >= 15 is 0 Å². The zero-order chi connectivity index (χ0) is 13.0. The van der Waals surface area contributed by atoms with Gasteiger partial charge in [-0.2, -0.15) is 0 Å². The molecule has 3 heteroatoms. The minimum atomic E-state index is 0.706. The molecular weight excluding hydrogens is 222 g/mol. The van der Waals surface area contributed by atoms with E-state index in [9.17, 15) is 0 Å². The van der Waals surface area contributed by atoms with Crippen molar-refractivity contribution in [1.82, 2.24) is 14.9 Å². The fourth-order valence-electron chi connectivity index (χ4n) is 2.92. The number of nitrogens with one attached hydrogen (secondary N) is 1. The van der Waals surface area contributed by atoms with E-state index in [2.05, 4.69) is 35.6 Å². The fraction of sp³-hybridized carbons (Fsp3) is 0.800. The Bertz CT molecular complexity index is 356. The molecule has 1 aliphatic rings. The lowest BCUT2D eigenvalue weighted by Crippen LogP contribution is -2.21. The number of hydrogen-bond acceptors (Lipinski definition) is 2. The lowest BCUT2D eigenvalue weighted by Gasteiger charge is -2.14. The second-order valence-corrected chi connectivity index (χ2v) is 6.35. The summed E-state index contributed by atoms with van der Waals surface area (Å²) in [6.45, 7) is 10.0. The third-order valence-electron chi connectivity index (χ3n) is 3.92. The van der Waals surface area contributed by atoms with E-state index in [1.54, 1.807) is 0 Å². The second kappa shape index (κ2) is 6.37. The second-order valence-electron chi connectivity index (χ2n) is 6.35. The van der Waals surface area contributed by atoms with E-state index < -0.39 is 0 Å². The number of imidazole rings is 1. The van der Waals surface area contributed by atoms with Gasteiger partial charge in [0.25, 0.3) is 0 Å². The average molecular weight is 249 g/mol. The van der Waals surface area contributed by atoms with Gasteiger partial charge in [0.05, 0.1) is 12.0 Å². The summed E-state index contributed by atoms with van der Waals surface area (Å²) in [5.41, 5.74) is 1.33. The molecule has 0 saturated heterocycles. The van der Waals surface area contributed by atoms with Gasteiger partial charge in [-0.3, -0.25) is 0 Å². The van der Waals surface area contributed by atoms with Crippen LogP contribution in [0.3, 0.4) is 0 Å². The minimum absolute atomic E-state index is 0.706. The lowest BCUT2D eigenvalue weighted by molar-refractivity contribution is 0.428. The molecule has 0 aliphatic heterocycles. The first-order valence-electron chi connectivity index (χ1n) is 7.35. The van der Waals surface area contributed by atoms with Gasteiger partial charge < -0.3 is 9.88 Å². The first-order chi connectivity index (χ1) is 8.65. The zero-order valence-corrected chi connectivity index (χ0v) is 12.0. The van der Waals surface area contributed by atoms with Gasteiger partial charge in [0.15, 0.2) is 0 Å².